The molecular weight excluding hydrogens is 608 g/mol. The Bertz CT molecular complexity index is 1450. The second-order valence-corrected chi connectivity index (χ2v) is 12.2. The van der Waals surface area contributed by atoms with E-state index in [1.54, 1.807) is 51.1 Å². The molecule has 0 saturated heterocycles. The van der Waals surface area contributed by atoms with Crippen LogP contribution in [0.1, 0.15) is 63.6 Å². The molecule has 3 rings (SSSR count). The summed E-state index contributed by atoms with van der Waals surface area (Å²) >= 11 is 0. The zero-order valence-electron chi connectivity index (χ0n) is 28.2. The second kappa shape index (κ2) is 16.7. The average molecular weight is 655 g/mol. The number of ether oxygens (including phenoxy) is 4. The van der Waals surface area contributed by atoms with Crippen LogP contribution < -0.4 is 25.4 Å². The van der Waals surface area contributed by atoms with E-state index in [-0.39, 0.29) is 18.7 Å². The number of nitrogens with zero attached hydrogens (tertiary/aromatic N) is 1. The Balaban J connectivity index is 1.89. The van der Waals surface area contributed by atoms with Crippen molar-refractivity contribution in [2.75, 3.05) is 41.5 Å². The SMILES string of the molecule is COC(=O)C1Cc2ccc(OC)c(c2)-c2cc(ccc2OC)C(N(C)C(=O)CCCCCNC(=O)OC(C)(C)C)C(=O)NCC(=O)N1. The average Bonchev–Trinajstić information content (AvgIpc) is 3.03. The predicted molar refractivity (Wildman–Crippen MR) is 174 cm³/mol. The fourth-order valence-electron chi connectivity index (χ4n) is 5.23. The Morgan fingerprint density at radius 2 is 1.60 bits per heavy atom. The summed E-state index contributed by atoms with van der Waals surface area (Å²) in [5.74, 6) is -1.08. The molecule has 0 saturated carbocycles. The number of alkyl carbamates (subject to hydrolysis) is 1. The third-order valence-corrected chi connectivity index (χ3v) is 7.54. The van der Waals surface area contributed by atoms with E-state index in [9.17, 15) is 24.0 Å². The molecule has 2 unspecified atom stereocenters. The van der Waals surface area contributed by atoms with E-state index in [4.69, 9.17) is 18.9 Å². The van der Waals surface area contributed by atoms with Crippen LogP contribution in [0.3, 0.4) is 0 Å². The van der Waals surface area contributed by atoms with Crippen LogP contribution in [0.5, 0.6) is 11.5 Å². The highest BCUT2D eigenvalue weighted by Gasteiger charge is 2.31. The van der Waals surface area contributed by atoms with E-state index in [1.165, 1.54) is 33.3 Å². The first kappa shape index (κ1) is 36.7. The van der Waals surface area contributed by atoms with Gasteiger partial charge in [-0.2, -0.15) is 0 Å². The standard InChI is InChI=1S/C34H46N4O9/c1-34(2,3)47-33(43)35-16-10-8-9-11-29(40)38(4)30-22-13-15-27(45-6)24(19-22)23-17-21(12-14-26(23)44-5)18-25(32(42)46-7)37-28(39)20-36-31(30)41/h12-15,17,19,25,30H,8-11,16,18,20H2,1-7H3,(H,35,43)(H,36,41)(H,37,39). The van der Waals surface area contributed by atoms with Crippen molar-refractivity contribution in [2.45, 2.75) is 70.6 Å². The number of unbranched alkanes of at least 4 members (excludes halogenated alkanes) is 2. The molecular formula is C34H46N4O9. The number of nitrogens with one attached hydrogen (secondary N) is 3. The lowest BCUT2D eigenvalue weighted by atomic mass is 9.94. The molecule has 4 amide bonds. The molecule has 1 heterocycles. The number of fused-ring (bicyclic) bond motifs is 5. The highest BCUT2D eigenvalue weighted by molar-refractivity contribution is 5.93. The van der Waals surface area contributed by atoms with Crippen LogP contribution in [-0.4, -0.2) is 87.8 Å². The minimum absolute atomic E-state index is 0.127. The van der Waals surface area contributed by atoms with Gasteiger partial charge in [-0.1, -0.05) is 18.6 Å². The highest BCUT2D eigenvalue weighted by atomic mass is 16.6. The molecule has 2 atom stereocenters. The number of carbonyl (C=O) groups excluding carboxylic acids is 5. The van der Waals surface area contributed by atoms with Crippen LogP contribution in [0.4, 0.5) is 4.79 Å². The first-order chi connectivity index (χ1) is 22.3. The molecule has 3 N–H and O–H groups in total. The van der Waals surface area contributed by atoms with Crippen LogP contribution in [0.15, 0.2) is 36.4 Å². The van der Waals surface area contributed by atoms with E-state index >= 15 is 0 Å². The Kier molecular flexibility index (Phi) is 13.0. The number of hydrogen-bond donors (Lipinski definition) is 3. The topological polar surface area (TPSA) is 162 Å². The molecule has 2 aromatic carbocycles. The second-order valence-electron chi connectivity index (χ2n) is 12.2. The monoisotopic (exact) mass is 654 g/mol. The number of methoxy groups -OCH3 is 3. The number of carbonyl (C=O) groups is 5. The van der Waals surface area contributed by atoms with E-state index in [1.807, 2.05) is 6.07 Å². The molecule has 13 heteroatoms. The van der Waals surface area contributed by atoms with Gasteiger partial charge in [0.1, 0.15) is 29.2 Å². The first-order valence-electron chi connectivity index (χ1n) is 15.5. The number of amides is 4. The third kappa shape index (κ3) is 10.3. The van der Waals surface area contributed by atoms with Gasteiger partial charge < -0.3 is 39.8 Å². The van der Waals surface area contributed by atoms with Crippen LogP contribution in [0.25, 0.3) is 11.1 Å². The Hall–Kier alpha value is -4.81. The minimum atomic E-state index is -1.10. The lowest BCUT2D eigenvalue weighted by Gasteiger charge is -2.29. The number of likely N-dealkylation sites (N-methyl/N-ethyl adjacent to an activating group) is 1. The summed E-state index contributed by atoms with van der Waals surface area (Å²) in [5.41, 5.74) is 1.86. The fourth-order valence-corrected chi connectivity index (χ4v) is 5.23. The van der Waals surface area contributed by atoms with Gasteiger partial charge in [-0.15, -0.1) is 0 Å². The zero-order chi connectivity index (χ0) is 34.7. The maximum Gasteiger partial charge on any atom is 0.407 e. The number of esters is 1. The van der Waals surface area contributed by atoms with Crippen molar-refractivity contribution in [3.63, 3.8) is 0 Å². The Morgan fingerprint density at radius 1 is 0.936 bits per heavy atom. The normalized spacial score (nSPS) is 16.5. The molecule has 0 aliphatic carbocycles. The maximum atomic E-state index is 13.7. The summed E-state index contributed by atoms with van der Waals surface area (Å²) in [7, 11) is 5.83. The summed E-state index contributed by atoms with van der Waals surface area (Å²) in [6.07, 6.45) is 1.63. The molecule has 13 nitrogen and oxygen atoms in total. The van der Waals surface area contributed by atoms with Crippen LogP contribution in [0, 0.1) is 0 Å². The highest BCUT2D eigenvalue weighted by Crippen LogP contribution is 2.39. The van der Waals surface area contributed by atoms with Crippen molar-refractivity contribution >= 4 is 29.8 Å². The molecule has 0 aromatic heterocycles. The van der Waals surface area contributed by atoms with Crippen molar-refractivity contribution < 1.29 is 42.9 Å². The molecule has 256 valence electrons. The predicted octanol–water partition coefficient (Wildman–Crippen LogP) is 3.29. The molecule has 1 aliphatic heterocycles. The number of hydrogen-bond acceptors (Lipinski definition) is 9. The van der Waals surface area contributed by atoms with Gasteiger partial charge in [-0.05, 0) is 69.0 Å². The maximum absolute atomic E-state index is 13.7. The van der Waals surface area contributed by atoms with Gasteiger partial charge >= 0.3 is 12.1 Å². The molecule has 0 radical (unpaired) electrons. The largest absolute Gasteiger partial charge is 0.496 e. The molecule has 4 bridgehead atoms. The van der Waals surface area contributed by atoms with Crippen molar-refractivity contribution in [1.82, 2.24) is 20.9 Å². The molecule has 1 aliphatic rings. The van der Waals surface area contributed by atoms with Gasteiger partial charge in [0.15, 0.2) is 0 Å². The number of benzene rings is 2. The summed E-state index contributed by atoms with van der Waals surface area (Å²) in [6.45, 7) is 5.34. The van der Waals surface area contributed by atoms with E-state index in [2.05, 4.69) is 16.0 Å². The van der Waals surface area contributed by atoms with Gasteiger partial charge in [-0.3, -0.25) is 14.4 Å². The Morgan fingerprint density at radius 3 is 2.23 bits per heavy atom. The molecule has 47 heavy (non-hydrogen) atoms. The zero-order valence-corrected chi connectivity index (χ0v) is 28.2. The summed E-state index contributed by atoms with van der Waals surface area (Å²) in [6, 6.07) is 8.44. The third-order valence-electron chi connectivity index (χ3n) is 7.54. The lowest BCUT2D eigenvalue weighted by molar-refractivity contribution is -0.145. The quantitative estimate of drug-likeness (QED) is 0.258. The van der Waals surface area contributed by atoms with Crippen molar-refractivity contribution in [3.05, 3.63) is 47.5 Å². The first-order valence-corrected chi connectivity index (χ1v) is 15.5. The van der Waals surface area contributed by atoms with Gasteiger partial charge in [0, 0.05) is 37.6 Å². The fraction of sp³-hybridized carbons (Fsp3) is 0.500. The van der Waals surface area contributed by atoms with Gasteiger partial charge in [0.2, 0.25) is 17.7 Å². The van der Waals surface area contributed by atoms with Crippen molar-refractivity contribution in [3.8, 4) is 22.6 Å². The lowest BCUT2D eigenvalue weighted by Crippen LogP contribution is -2.49. The smallest absolute Gasteiger partial charge is 0.407 e. The summed E-state index contributed by atoms with van der Waals surface area (Å²) in [5, 5.41) is 7.96. The summed E-state index contributed by atoms with van der Waals surface area (Å²) < 4.78 is 21.5. The summed E-state index contributed by atoms with van der Waals surface area (Å²) in [4.78, 5) is 65.8. The molecule has 0 fully saturated rings. The van der Waals surface area contributed by atoms with Crippen molar-refractivity contribution in [1.29, 1.82) is 0 Å². The van der Waals surface area contributed by atoms with Crippen LogP contribution in [-0.2, 0) is 35.1 Å². The Labute approximate surface area is 275 Å². The molecule has 2 aromatic rings. The van der Waals surface area contributed by atoms with Crippen LogP contribution in [0.2, 0.25) is 0 Å². The van der Waals surface area contributed by atoms with Gasteiger partial charge in [-0.25, -0.2) is 9.59 Å². The van der Waals surface area contributed by atoms with Crippen LogP contribution >= 0.6 is 0 Å². The van der Waals surface area contributed by atoms with E-state index in [0.29, 0.717) is 54.0 Å². The van der Waals surface area contributed by atoms with Gasteiger partial charge in [0.05, 0.1) is 27.9 Å². The minimum Gasteiger partial charge on any atom is -0.496 e. The van der Waals surface area contributed by atoms with Gasteiger partial charge in [0.25, 0.3) is 0 Å². The van der Waals surface area contributed by atoms with E-state index < -0.39 is 48.1 Å². The van der Waals surface area contributed by atoms with E-state index in [0.717, 1.165) is 5.56 Å². The number of rotatable bonds is 10. The molecule has 0 spiro atoms. The van der Waals surface area contributed by atoms with Crippen molar-refractivity contribution in [2.24, 2.45) is 0 Å².